The zero-order chi connectivity index (χ0) is 16.1. The van der Waals surface area contributed by atoms with Gasteiger partial charge in [0.05, 0.1) is 18.1 Å². The third-order valence-electron chi connectivity index (χ3n) is 3.82. The van der Waals surface area contributed by atoms with Crippen molar-refractivity contribution in [2.45, 2.75) is 36.8 Å². The van der Waals surface area contributed by atoms with Crippen LogP contribution in [0.1, 0.15) is 37.4 Å². The molecule has 0 spiro atoms. The van der Waals surface area contributed by atoms with Gasteiger partial charge in [0.1, 0.15) is 5.82 Å². The molecule has 1 unspecified atom stereocenters. The molecule has 1 aromatic heterocycles. The van der Waals surface area contributed by atoms with E-state index in [0.29, 0.717) is 24.5 Å². The quantitative estimate of drug-likeness (QED) is 0.726. The number of nitriles is 2. The zero-order valence-electron chi connectivity index (χ0n) is 12.7. The number of hydrogen-bond donors (Lipinski definition) is 0. The third kappa shape index (κ3) is 3.72. The average molecular weight is 323 g/mol. The molecule has 116 valence electrons. The second kappa shape index (κ2) is 7.30. The summed E-state index contributed by atoms with van der Waals surface area (Å²) in [4.78, 5) is 0. The fourth-order valence-electron chi connectivity index (χ4n) is 2.40. The van der Waals surface area contributed by atoms with Gasteiger partial charge in [0.25, 0.3) is 0 Å². The van der Waals surface area contributed by atoms with Crippen molar-refractivity contribution in [1.29, 1.82) is 10.5 Å². The first kappa shape index (κ1) is 15.6. The number of benzene rings is 1. The number of para-hydroxylation sites is 1. The molecule has 1 saturated carbocycles. The Labute approximate surface area is 140 Å². The molecular weight excluding hydrogens is 306 g/mol. The van der Waals surface area contributed by atoms with Crippen LogP contribution >= 0.6 is 11.8 Å². The normalized spacial score (nSPS) is 14.9. The Hall–Kier alpha value is -2.31. The minimum absolute atomic E-state index is 0.134. The molecule has 1 atom stereocenters. The molecule has 1 aliphatic rings. The van der Waals surface area contributed by atoms with Crippen LogP contribution in [0.5, 0.6) is 0 Å². The molecule has 1 heterocycles. The molecule has 2 aromatic rings. The molecule has 0 N–H and O–H groups in total. The smallest absolute Gasteiger partial charge is 0.195 e. The summed E-state index contributed by atoms with van der Waals surface area (Å²) in [6.45, 7) is 0. The Kier molecular flexibility index (Phi) is 4.95. The second-order valence-electron chi connectivity index (χ2n) is 5.62. The summed E-state index contributed by atoms with van der Waals surface area (Å²) in [5.74, 6) is 2.02. The number of rotatable bonds is 7. The molecule has 0 bridgehead atoms. The van der Waals surface area contributed by atoms with Crippen molar-refractivity contribution in [1.82, 2.24) is 14.8 Å². The van der Waals surface area contributed by atoms with Crippen LogP contribution in [-0.4, -0.2) is 20.5 Å². The number of aromatic nitrogens is 3. The van der Waals surface area contributed by atoms with Crippen LogP contribution < -0.4 is 0 Å². The fourth-order valence-corrected chi connectivity index (χ4v) is 3.42. The molecule has 23 heavy (non-hydrogen) atoms. The lowest BCUT2D eigenvalue weighted by molar-refractivity contribution is 0.683. The van der Waals surface area contributed by atoms with Gasteiger partial charge < -0.3 is 0 Å². The third-order valence-corrected chi connectivity index (χ3v) is 4.91. The highest BCUT2D eigenvalue weighted by Gasteiger charge is 2.31. The van der Waals surface area contributed by atoms with Gasteiger partial charge in [-0.15, -0.1) is 10.2 Å². The summed E-state index contributed by atoms with van der Waals surface area (Å²) in [6.07, 6.45) is 3.35. The first-order valence-electron chi connectivity index (χ1n) is 7.73. The monoisotopic (exact) mass is 323 g/mol. The summed E-state index contributed by atoms with van der Waals surface area (Å²) in [5.41, 5.74) is 1.06. The Morgan fingerprint density at radius 3 is 2.65 bits per heavy atom. The van der Waals surface area contributed by atoms with Gasteiger partial charge in [-0.25, -0.2) is 0 Å². The first-order chi connectivity index (χ1) is 11.3. The Morgan fingerprint density at radius 2 is 2.00 bits per heavy atom. The highest BCUT2D eigenvalue weighted by Crippen LogP contribution is 2.41. The minimum Gasteiger partial charge on any atom is -0.274 e. The van der Waals surface area contributed by atoms with E-state index in [9.17, 15) is 5.26 Å². The van der Waals surface area contributed by atoms with Crippen molar-refractivity contribution in [3.05, 3.63) is 36.2 Å². The number of thioether (sulfide) groups is 1. The molecule has 0 saturated heterocycles. The summed E-state index contributed by atoms with van der Waals surface area (Å²) in [6, 6.07) is 14.5. The van der Waals surface area contributed by atoms with Crippen LogP contribution in [0.3, 0.4) is 0 Å². The van der Waals surface area contributed by atoms with Gasteiger partial charge in [0.15, 0.2) is 5.16 Å². The maximum atomic E-state index is 9.20. The fraction of sp³-hybridized carbons (Fsp3) is 0.412. The van der Waals surface area contributed by atoms with E-state index in [1.807, 2.05) is 18.2 Å². The lowest BCUT2D eigenvalue weighted by Gasteiger charge is -2.10. The van der Waals surface area contributed by atoms with Gasteiger partial charge >= 0.3 is 0 Å². The Balaban J connectivity index is 1.80. The maximum absolute atomic E-state index is 9.20. The molecule has 1 aliphatic carbocycles. The maximum Gasteiger partial charge on any atom is 0.195 e. The number of nitrogens with zero attached hydrogens (tertiary/aromatic N) is 5. The first-order valence-corrected chi connectivity index (χ1v) is 8.72. The lowest BCUT2D eigenvalue weighted by atomic mass is 10.1. The predicted molar refractivity (Wildman–Crippen MR) is 88.0 cm³/mol. The largest absolute Gasteiger partial charge is 0.274 e. The van der Waals surface area contributed by atoms with Gasteiger partial charge in [-0.1, -0.05) is 30.0 Å². The molecule has 3 rings (SSSR count). The lowest BCUT2D eigenvalue weighted by Crippen LogP contribution is -2.04. The van der Waals surface area contributed by atoms with Crippen molar-refractivity contribution >= 4 is 11.8 Å². The zero-order valence-corrected chi connectivity index (χ0v) is 13.5. The number of hydrogen-bond acceptors (Lipinski definition) is 5. The van der Waals surface area contributed by atoms with E-state index >= 15 is 0 Å². The van der Waals surface area contributed by atoms with Crippen LogP contribution in [0.2, 0.25) is 0 Å². The molecule has 0 radical (unpaired) electrons. The van der Waals surface area contributed by atoms with E-state index in [2.05, 4.69) is 39.0 Å². The average Bonchev–Trinajstić information content (AvgIpc) is 3.36. The van der Waals surface area contributed by atoms with E-state index in [0.717, 1.165) is 16.7 Å². The molecule has 1 aromatic carbocycles. The molecule has 0 amide bonds. The SMILES string of the molecule is N#CCCC(C#N)CSc1nnc(C2CC2)n1-c1ccccc1. The molecule has 0 aliphatic heterocycles. The Bertz CT molecular complexity index is 737. The van der Waals surface area contributed by atoms with Crippen molar-refractivity contribution < 1.29 is 0 Å². The summed E-state index contributed by atoms with van der Waals surface area (Å²) in [5, 5.41) is 27.4. The van der Waals surface area contributed by atoms with Gasteiger partial charge in [-0.3, -0.25) is 4.57 Å². The molecule has 6 heteroatoms. The second-order valence-corrected chi connectivity index (χ2v) is 6.61. The highest BCUT2D eigenvalue weighted by molar-refractivity contribution is 7.99. The summed E-state index contributed by atoms with van der Waals surface area (Å²) in [7, 11) is 0. The van der Waals surface area contributed by atoms with Crippen molar-refractivity contribution in [2.24, 2.45) is 5.92 Å². The highest BCUT2D eigenvalue weighted by atomic mass is 32.2. The summed E-state index contributed by atoms with van der Waals surface area (Å²) < 4.78 is 2.11. The van der Waals surface area contributed by atoms with Crippen LogP contribution in [0, 0.1) is 28.6 Å². The van der Waals surface area contributed by atoms with Crippen LogP contribution in [0.15, 0.2) is 35.5 Å². The topological polar surface area (TPSA) is 78.3 Å². The van der Waals surface area contributed by atoms with E-state index in [4.69, 9.17) is 5.26 Å². The minimum atomic E-state index is -0.134. The van der Waals surface area contributed by atoms with E-state index in [1.165, 1.54) is 12.8 Å². The predicted octanol–water partition coefficient (Wildman–Crippen LogP) is 3.68. The van der Waals surface area contributed by atoms with Gasteiger partial charge in [0, 0.05) is 23.8 Å². The molecule has 1 fully saturated rings. The van der Waals surface area contributed by atoms with E-state index in [-0.39, 0.29) is 5.92 Å². The molecular formula is C17H17N5S. The van der Waals surface area contributed by atoms with Crippen LogP contribution in [0.25, 0.3) is 5.69 Å². The standard InChI is InChI=1S/C17H17N5S/c18-10-4-5-13(11-19)12-23-17-21-20-16(14-8-9-14)22(17)15-6-2-1-3-7-15/h1-3,6-7,13-14H,4-5,8-9,12H2. The van der Waals surface area contributed by atoms with E-state index < -0.39 is 0 Å². The Morgan fingerprint density at radius 1 is 1.22 bits per heavy atom. The van der Waals surface area contributed by atoms with Gasteiger partial charge in [-0.05, 0) is 31.4 Å². The van der Waals surface area contributed by atoms with Crippen molar-refractivity contribution in [2.75, 3.05) is 5.75 Å². The van der Waals surface area contributed by atoms with Gasteiger partial charge in [0.2, 0.25) is 0 Å². The van der Waals surface area contributed by atoms with E-state index in [1.54, 1.807) is 11.8 Å². The van der Waals surface area contributed by atoms with Crippen LogP contribution in [-0.2, 0) is 0 Å². The molecule has 5 nitrogen and oxygen atoms in total. The van der Waals surface area contributed by atoms with Gasteiger partial charge in [-0.2, -0.15) is 10.5 Å². The summed E-state index contributed by atoms with van der Waals surface area (Å²) >= 11 is 1.55. The van der Waals surface area contributed by atoms with Crippen LogP contribution in [0.4, 0.5) is 0 Å². The van der Waals surface area contributed by atoms with Crippen molar-refractivity contribution in [3.8, 4) is 17.8 Å². The van der Waals surface area contributed by atoms with Crippen molar-refractivity contribution in [3.63, 3.8) is 0 Å².